The van der Waals surface area contributed by atoms with Crippen LogP contribution < -0.4 is 21.5 Å². The smallest absolute Gasteiger partial charge is 0.288 e. The fourth-order valence-electron chi connectivity index (χ4n) is 1.52. The van der Waals surface area contributed by atoms with Gasteiger partial charge in [0, 0.05) is 20.3 Å². The van der Waals surface area contributed by atoms with Gasteiger partial charge < -0.3 is 10.6 Å². The zero-order valence-electron chi connectivity index (χ0n) is 11.2. The zero-order valence-corrected chi connectivity index (χ0v) is 11.2. The van der Waals surface area contributed by atoms with E-state index in [1.807, 2.05) is 14.1 Å². The van der Waals surface area contributed by atoms with Crippen LogP contribution in [0.3, 0.4) is 0 Å². The van der Waals surface area contributed by atoms with E-state index in [9.17, 15) is 4.79 Å². The molecule has 0 radical (unpaired) electrons. The number of hydrogen-bond acceptors (Lipinski definition) is 7. The molecule has 1 amide bonds. The Morgan fingerprint density at radius 3 is 2.70 bits per heavy atom. The molecule has 0 bridgehead atoms. The zero-order chi connectivity index (χ0) is 14.5. The van der Waals surface area contributed by atoms with Gasteiger partial charge in [0.1, 0.15) is 17.7 Å². The van der Waals surface area contributed by atoms with Crippen LogP contribution in [0.2, 0.25) is 0 Å². The number of pyridine rings is 1. The van der Waals surface area contributed by atoms with Gasteiger partial charge in [-0.25, -0.2) is 9.97 Å². The summed E-state index contributed by atoms with van der Waals surface area (Å²) >= 11 is 0. The molecule has 8 heteroatoms. The maximum Gasteiger partial charge on any atom is 0.288 e. The molecule has 0 aromatic carbocycles. The van der Waals surface area contributed by atoms with Crippen molar-refractivity contribution >= 4 is 23.2 Å². The molecule has 8 nitrogen and oxygen atoms in total. The van der Waals surface area contributed by atoms with E-state index in [1.165, 1.54) is 12.5 Å². The second-order valence-corrected chi connectivity index (χ2v) is 4.15. The lowest BCUT2D eigenvalue weighted by molar-refractivity contribution is 0.0957. The molecule has 0 saturated carbocycles. The number of hydrogen-bond donors (Lipinski definition) is 3. The van der Waals surface area contributed by atoms with Crippen LogP contribution in [-0.4, -0.2) is 35.0 Å². The number of amides is 1. The topological polar surface area (TPSA) is 109 Å². The number of nitrogen functional groups attached to an aromatic ring is 1. The number of anilines is 3. The fraction of sp³-hybridized carbons (Fsp3) is 0.167. The van der Waals surface area contributed by atoms with E-state index in [4.69, 9.17) is 5.73 Å². The van der Waals surface area contributed by atoms with Crippen LogP contribution in [0.5, 0.6) is 0 Å². The first-order chi connectivity index (χ1) is 9.59. The first-order valence-electron chi connectivity index (χ1n) is 5.84. The van der Waals surface area contributed by atoms with E-state index in [2.05, 4.69) is 25.8 Å². The van der Waals surface area contributed by atoms with Crippen LogP contribution in [0.1, 0.15) is 10.5 Å². The summed E-state index contributed by atoms with van der Waals surface area (Å²) in [6, 6.07) is 5.06. The molecule has 0 atom stereocenters. The molecular formula is C12H15N7O. The lowest BCUT2D eigenvalue weighted by atomic mass is 10.3. The van der Waals surface area contributed by atoms with E-state index in [0.29, 0.717) is 23.0 Å². The molecule has 2 heterocycles. The number of aromatic nitrogens is 3. The Morgan fingerprint density at radius 2 is 2.05 bits per heavy atom. The Morgan fingerprint density at radius 1 is 1.25 bits per heavy atom. The SMILES string of the molecule is CN(C)c1ncnc(NNC(=O)c2ccccn2)c1N. The summed E-state index contributed by atoms with van der Waals surface area (Å²) in [5.74, 6) is 0.512. The van der Waals surface area contributed by atoms with Crippen LogP contribution in [0, 0.1) is 0 Å². The van der Waals surface area contributed by atoms with Gasteiger partial charge in [-0.05, 0) is 12.1 Å². The average Bonchev–Trinajstić information content (AvgIpc) is 2.46. The van der Waals surface area contributed by atoms with Crippen molar-refractivity contribution in [2.24, 2.45) is 0 Å². The summed E-state index contributed by atoms with van der Waals surface area (Å²) in [6.45, 7) is 0. The van der Waals surface area contributed by atoms with Crippen molar-refractivity contribution in [2.75, 3.05) is 30.2 Å². The van der Waals surface area contributed by atoms with E-state index in [1.54, 1.807) is 23.1 Å². The van der Waals surface area contributed by atoms with Gasteiger partial charge in [-0.15, -0.1) is 0 Å². The number of nitrogens with two attached hydrogens (primary N) is 1. The molecule has 2 aromatic heterocycles. The van der Waals surface area contributed by atoms with Gasteiger partial charge in [0.05, 0.1) is 0 Å². The molecule has 0 aliphatic heterocycles. The quantitative estimate of drug-likeness (QED) is 0.686. The number of carbonyl (C=O) groups excluding carboxylic acids is 1. The summed E-state index contributed by atoms with van der Waals surface area (Å²) in [7, 11) is 3.63. The van der Waals surface area contributed by atoms with Crippen LogP contribution in [-0.2, 0) is 0 Å². The average molecular weight is 273 g/mol. The summed E-state index contributed by atoms with van der Waals surface area (Å²) < 4.78 is 0. The highest BCUT2D eigenvalue weighted by Crippen LogP contribution is 2.23. The van der Waals surface area contributed by atoms with Crippen LogP contribution >= 0.6 is 0 Å². The second-order valence-electron chi connectivity index (χ2n) is 4.15. The minimum absolute atomic E-state index is 0.292. The van der Waals surface area contributed by atoms with E-state index < -0.39 is 0 Å². The van der Waals surface area contributed by atoms with Crippen LogP contribution in [0.15, 0.2) is 30.7 Å². The summed E-state index contributed by atoms with van der Waals surface area (Å²) in [5, 5.41) is 0. The van der Waals surface area contributed by atoms with Crippen molar-refractivity contribution in [2.45, 2.75) is 0 Å². The molecule has 0 saturated heterocycles. The summed E-state index contributed by atoms with van der Waals surface area (Å²) in [4.78, 5) is 25.5. The number of rotatable bonds is 4. The first-order valence-corrected chi connectivity index (χ1v) is 5.84. The molecule has 2 aromatic rings. The predicted octanol–water partition coefficient (Wildman–Crippen LogP) is 0.277. The number of hydrazine groups is 1. The van der Waals surface area contributed by atoms with Crippen molar-refractivity contribution in [3.05, 3.63) is 36.4 Å². The Labute approximate surface area is 116 Å². The Hall–Kier alpha value is -2.90. The van der Waals surface area contributed by atoms with E-state index >= 15 is 0 Å². The summed E-state index contributed by atoms with van der Waals surface area (Å²) in [6.07, 6.45) is 2.90. The van der Waals surface area contributed by atoms with Gasteiger partial charge in [0.15, 0.2) is 11.6 Å². The molecule has 0 spiro atoms. The molecule has 20 heavy (non-hydrogen) atoms. The Kier molecular flexibility index (Phi) is 3.94. The van der Waals surface area contributed by atoms with Gasteiger partial charge in [-0.2, -0.15) is 0 Å². The highest BCUT2D eigenvalue weighted by molar-refractivity contribution is 5.93. The molecule has 2 rings (SSSR count). The molecule has 0 aliphatic carbocycles. The second kappa shape index (κ2) is 5.83. The predicted molar refractivity (Wildman–Crippen MR) is 76.1 cm³/mol. The Bertz CT molecular complexity index is 600. The minimum atomic E-state index is -0.380. The lowest BCUT2D eigenvalue weighted by Crippen LogP contribution is -2.31. The summed E-state index contributed by atoms with van der Waals surface area (Å²) in [5.41, 5.74) is 11.7. The number of nitrogens with one attached hydrogen (secondary N) is 2. The monoisotopic (exact) mass is 273 g/mol. The molecule has 0 fully saturated rings. The first kappa shape index (κ1) is 13.5. The molecular weight excluding hydrogens is 258 g/mol. The molecule has 104 valence electrons. The van der Waals surface area contributed by atoms with Crippen molar-refractivity contribution in [3.8, 4) is 0 Å². The number of carbonyl (C=O) groups is 1. The third kappa shape index (κ3) is 2.91. The maximum absolute atomic E-state index is 11.8. The van der Waals surface area contributed by atoms with Crippen molar-refractivity contribution in [3.63, 3.8) is 0 Å². The van der Waals surface area contributed by atoms with Crippen molar-refractivity contribution in [1.82, 2.24) is 20.4 Å². The fourth-order valence-corrected chi connectivity index (χ4v) is 1.52. The largest absolute Gasteiger partial charge is 0.393 e. The third-order valence-corrected chi connectivity index (χ3v) is 2.48. The van der Waals surface area contributed by atoms with Gasteiger partial charge in [-0.3, -0.25) is 20.6 Å². The third-order valence-electron chi connectivity index (χ3n) is 2.48. The van der Waals surface area contributed by atoms with E-state index in [0.717, 1.165) is 0 Å². The number of nitrogens with zero attached hydrogens (tertiary/aromatic N) is 4. The van der Waals surface area contributed by atoms with E-state index in [-0.39, 0.29) is 5.91 Å². The van der Waals surface area contributed by atoms with Gasteiger partial charge in [0.2, 0.25) is 0 Å². The van der Waals surface area contributed by atoms with Crippen molar-refractivity contribution < 1.29 is 4.79 Å². The van der Waals surface area contributed by atoms with Gasteiger partial charge in [-0.1, -0.05) is 6.07 Å². The molecule has 4 N–H and O–H groups in total. The van der Waals surface area contributed by atoms with Crippen molar-refractivity contribution in [1.29, 1.82) is 0 Å². The molecule has 0 aliphatic rings. The standard InChI is InChI=1S/C12H15N7O/c1-19(2)11-9(13)10(15-7-16-11)17-18-12(20)8-5-3-4-6-14-8/h3-7H,13H2,1-2H3,(H,18,20)(H,15,16,17). The Balaban J connectivity index is 2.08. The van der Waals surface area contributed by atoms with Gasteiger partial charge in [0.25, 0.3) is 5.91 Å². The minimum Gasteiger partial charge on any atom is -0.393 e. The lowest BCUT2D eigenvalue weighted by Gasteiger charge is -2.16. The van der Waals surface area contributed by atoms with Crippen LogP contribution in [0.4, 0.5) is 17.3 Å². The maximum atomic E-state index is 11.8. The highest BCUT2D eigenvalue weighted by Gasteiger charge is 2.11. The van der Waals surface area contributed by atoms with Crippen LogP contribution in [0.25, 0.3) is 0 Å². The normalized spacial score (nSPS) is 9.90. The molecule has 0 unspecified atom stereocenters. The highest BCUT2D eigenvalue weighted by atomic mass is 16.2. The van der Waals surface area contributed by atoms with Gasteiger partial charge >= 0.3 is 0 Å².